The van der Waals surface area contributed by atoms with Crippen LogP contribution in [0.25, 0.3) is 10.4 Å². The van der Waals surface area contributed by atoms with Crippen LogP contribution in [0, 0.1) is 10.1 Å². The number of benzene rings is 1. The molecular formula is C10H8N2O2S2. The van der Waals surface area contributed by atoms with Crippen LogP contribution in [0.2, 0.25) is 0 Å². The third-order valence-corrected chi connectivity index (χ3v) is 3.63. The monoisotopic (exact) mass is 252 g/mol. The molecule has 0 unspecified atom stereocenters. The molecule has 0 spiro atoms. The first-order valence-electron chi connectivity index (χ1n) is 4.47. The molecule has 1 aromatic carbocycles. The van der Waals surface area contributed by atoms with Crippen LogP contribution < -0.4 is 0 Å². The minimum atomic E-state index is -0.367. The Morgan fingerprint density at radius 1 is 1.44 bits per heavy atom. The first-order chi connectivity index (χ1) is 7.72. The lowest BCUT2D eigenvalue weighted by Gasteiger charge is -1.97. The Kier molecular flexibility index (Phi) is 3.21. The number of nitrogens with zero attached hydrogens (tertiary/aromatic N) is 2. The van der Waals surface area contributed by atoms with Gasteiger partial charge in [0.25, 0.3) is 5.69 Å². The van der Waals surface area contributed by atoms with Gasteiger partial charge in [0.1, 0.15) is 5.03 Å². The molecule has 2 aromatic rings. The molecule has 1 aromatic heterocycles. The van der Waals surface area contributed by atoms with Crippen molar-refractivity contribution in [3.63, 3.8) is 0 Å². The maximum atomic E-state index is 10.9. The molecule has 1 heterocycles. The van der Waals surface area contributed by atoms with E-state index in [2.05, 4.69) is 4.37 Å². The smallest absolute Gasteiger partial charge is 0.258 e. The van der Waals surface area contributed by atoms with Crippen molar-refractivity contribution in [2.75, 3.05) is 6.26 Å². The van der Waals surface area contributed by atoms with Crippen molar-refractivity contribution < 1.29 is 4.92 Å². The van der Waals surface area contributed by atoms with Crippen LogP contribution in [-0.2, 0) is 0 Å². The average molecular weight is 252 g/mol. The second kappa shape index (κ2) is 4.63. The normalized spacial score (nSPS) is 10.3. The molecule has 6 heteroatoms. The lowest BCUT2D eigenvalue weighted by atomic mass is 10.1. The first-order valence-corrected chi connectivity index (χ1v) is 6.46. The van der Waals surface area contributed by atoms with Crippen LogP contribution in [0.4, 0.5) is 5.69 Å². The zero-order chi connectivity index (χ0) is 11.5. The molecule has 0 fully saturated rings. The van der Waals surface area contributed by atoms with E-state index in [1.807, 2.05) is 12.3 Å². The van der Waals surface area contributed by atoms with Crippen LogP contribution in [-0.4, -0.2) is 15.6 Å². The van der Waals surface area contributed by atoms with Crippen LogP contribution in [0.1, 0.15) is 0 Å². The fourth-order valence-corrected chi connectivity index (χ4v) is 2.72. The number of nitro groups is 1. The van der Waals surface area contributed by atoms with Gasteiger partial charge in [0.2, 0.25) is 0 Å². The molecule has 4 nitrogen and oxygen atoms in total. The summed E-state index contributed by atoms with van der Waals surface area (Å²) >= 11 is 2.81. The molecule has 0 bridgehead atoms. The number of aromatic nitrogens is 1. The van der Waals surface area contributed by atoms with Crippen molar-refractivity contribution >= 4 is 29.0 Å². The largest absolute Gasteiger partial charge is 0.278 e. The summed E-state index contributed by atoms with van der Waals surface area (Å²) in [6.07, 6.45) is 1.93. The van der Waals surface area contributed by atoms with Crippen LogP contribution in [0.15, 0.2) is 35.4 Å². The molecular weight excluding hydrogens is 244 g/mol. The Morgan fingerprint density at radius 3 is 2.81 bits per heavy atom. The third kappa shape index (κ3) is 2.07. The predicted molar refractivity (Wildman–Crippen MR) is 66.0 cm³/mol. The van der Waals surface area contributed by atoms with E-state index in [0.717, 1.165) is 9.90 Å². The van der Waals surface area contributed by atoms with Gasteiger partial charge in [-0.2, -0.15) is 4.37 Å². The SMILES string of the molecule is CSc1cc(-c2ccccc2[N+](=O)[O-])sn1. The van der Waals surface area contributed by atoms with Gasteiger partial charge in [-0.05, 0) is 29.9 Å². The van der Waals surface area contributed by atoms with Gasteiger partial charge in [-0.15, -0.1) is 11.8 Å². The molecule has 0 atom stereocenters. The van der Waals surface area contributed by atoms with E-state index in [-0.39, 0.29) is 10.6 Å². The van der Waals surface area contributed by atoms with E-state index in [4.69, 9.17) is 0 Å². The molecule has 0 N–H and O–H groups in total. The number of rotatable bonds is 3. The maximum absolute atomic E-state index is 10.9. The van der Waals surface area contributed by atoms with E-state index in [1.54, 1.807) is 18.2 Å². The van der Waals surface area contributed by atoms with Gasteiger partial charge in [0.05, 0.1) is 15.4 Å². The van der Waals surface area contributed by atoms with Crippen molar-refractivity contribution in [2.45, 2.75) is 5.03 Å². The molecule has 0 saturated heterocycles. The van der Waals surface area contributed by atoms with Crippen LogP contribution >= 0.6 is 23.3 Å². The molecule has 0 aliphatic rings. The molecule has 0 amide bonds. The fourth-order valence-electron chi connectivity index (χ4n) is 1.32. The summed E-state index contributed by atoms with van der Waals surface area (Å²) < 4.78 is 4.19. The number of para-hydroxylation sites is 1. The summed E-state index contributed by atoms with van der Waals surface area (Å²) in [5.74, 6) is 0. The van der Waals surface area contributed by atoms with Gasteiger partial charge in [0, 0.05) is 6.07 Å². The maximum Gasteiger partial charge on any atom is 0.278 e. The van der Waals surface area contributed by atoms with Gasteiger partial charge in [-0.25, -0.2) is 0 Å². The summed E-state index contributed by atoms with van der Waals surface area (Å²) in [4.78, 5) is 11.3. The molecule has 0 saturated carbocycles. The highest BCUT2D eigenvalue weighted by Crippen LogP contribution is 2.34. The van der Waals surface area contributed by atoms with Gasteiger partial charge in [0.15, 0.2) is 0 Å². The Balaban J connectivity index is 2.50. The summed E-state index contributed by atoms with van der Waals surface area (Å²) in [5, 5.41) is 11.7. The lowest BCUT2D eigenvalue weighted by molar-refractivity contribution is -0.384. The van der Waals surface area contributed by atoms with E-state index < -0.39 is 0 Å². The summed E-state index contributed by atoms with van der Waals surface area (Å²) in [5.41, 5.74) is 0.754. The first kappa shape index (κ1) is 11.1. The van der Waals surface area contributed by atoms with Crippen molar-refractivity contribution in [1.82, 2.24) is 4.37 Å². The molecule has 0 radical (unpaired) electrons. The highest BCUT2D eigenvalue weighted by atomic mass is 32.2. The van der Waals surface area contributed by atoms with Gasteiger partial charge >= 0.3 is 0 Å². The minimum absolute atomic E-state index is 0.124. The number of thioether (sulfide) groups is 1. The number of hydrogen-bond donors (Lipinski definition) is 0. The van der Waals surface area contributed by atoms with Crippen molar-refractivity contribution in [2.24, 2.45) is 0 Å². The topological polar surface area (TPSA) is 56.0 Å². The van der Waals surface area contributed by atoms with Gasteiger partial charge < -0.3 is 0 Å². The predicted octanol–water partition coefficient (Wildman–Crippen LogP) is 3.44. The Morgan fingerprint density at radius 2 is 2.19 bits per heavy atom. The van der Waals surface area contributed by atoms with Crippen LogP contribution in [0.3, 0.4) is 0 Å². The highest BCUT2D eigenvalue weighted by molar-refractivity contribution is 7.98. The Labute approximate surface area is 101 Å². The number of nitro benzene ring substituents is 1. The van der Waals surface area contributed by atoms with Gasteiger partial charge in [-0.3, -0.25) is 10.1 Å². The fraction of sp³-hybridized carbons (Fsp3) is 0.100. The quantitative estimate of drug-likeness (QED) is 0.477. The number of hydrogen-bond acceptors (Lipinski definition) is 5. The van der Waals surface area contributed by atoms with Crippen molar-refractivity contribution in [3.05, 3.63) is 40.4 Å². The lowest BCUT2D eigenvalue weighted by Crippen LogP contribution is -1.89. The molecule has 2 rings (SSSR count). The Hall–Kier alpha value is -1.40. The summed E-state index contributed by atoms with van der Waals surface area (Å²) in [6.45, 7) is 0. The second-order valence-corrected chi connectivity index (χ2v) is 4.64. The summed E-state index contributed by atoms with van der Waals surface area (Å²) in [7, 11) is 0. The van der Waals surface area contributed by atoms with E-state index in [9.17, 15) is 10.1 Å². The highest BCUT2D eigenvalue weighted by Gasteiger charge is 2.16. The average Bonchev–Trinajstić information content (AvgIpc) is 2.77. The van der Waals surface area contributed by atoms with Crippen molar-refractivity contribution in [1.29, 1.82) is 0 Å². The molecule has 82 valence electrons. The minimum Gasteiger partial charge on any atom is -0.258 e. The Bertz CT molecular complexity index is 525. The molecule has 0 aliphatic carbocycles. The van der Waals surface area contributed by atoms with Gasteiger partial charge in [-0.1, -0.05) is 12.1 Å². The third-order valence-electron chi connectivity index (χ3n) is 2.06. The zero-order valence-corrected chi connectivity index (χ0v) is 10.0. The molecule has 16 heavy (non-hydrogen) atoms. The summed E-state index contributed by atoms with van der Waals surface area (Å²) in [6, 6.07) is 8.58. The second-order valence-electron chi connectivity index (χ2n) is 3.01. The van der Waals surface area contributed by atoms with E-state index in [0.29, 0.717) is 5.56 Å². The standard InChI is InChI=1S/C10H8N2O2S2/c1-15-10-6-9(16-11-10)7-4-2-3-5-8(7)12(13)14/h2-6H,1H3. The molecule has 0 aliphatic heterocycles. The zero-order valence-electron chi connectivity index (χ0n) is 8.41. The van der Waals surface area contributed by atoms with Crippen molar-refractivity contribution in [3.8, 4) is 10.4 Å². The van der Waals surface area contributed by atoms with E-state index >= 15 is 0 Å². The van der Waals surface area contributed by atoms with Crippen LogP contribution in [0.5, 0.6) is 0 Å². The van der Waals surface area contributed by atoms with E-state index in [1.165, 1.54) is 29.4 Å².